The Labute approximate surface area is 205 Å². The molecule has 8 nitrogen and oxygen atoms in total. The van der Waals surface area contributed by atoms with Crippen LogP contribution in [0.3, 0.4) is 0 Å². The first-order chi connectivity index (χ1) is 17.0. The van der Waals surface area contributed by atoms with E-state index >= 15 is 0 Å². The molecular weight excluding hydrogens is 448 g/mol. The van der Waals surface area contributed by atoms with Gasteiger partial charge in [-0.05, 0) is 35.1 Å². The van der Waals surface area contributed by atoms with Crippen LogP contribution in [0.5, 0.6) is 0 Å². The topological polar surface area (TPSA) is 105 Å². The minimum absolute atomic E-state index is 0.0118. The van der Waals surface area contributed by atoms with Crippen LogP contribution in [0, 0.1) is 5.92 Å². The monoisotopic (exact) mass is 480 g/mol. The molecule has 1 aliphatic heterocycles. The molecule has 1 heterocycles. The number of fused-ring (bicyclic) bond motifs is 3. The van der Waals surface area contributed by atoms with Gasteiger partial charge in [0.1, 0.15) is 6.61 Å². The molecule has 2 N–H and O–H groups in total. The van der Waals surface area contributed by atoms with E-state index in [1.54, 1.807) is 4.90 Å². The van der Waals surface area contributed by atoms with Gasteiger partial charge in [0.05, 0.1) is 19.1 Å². The normalized spacial score (nSPS) is 18.2. The Morgan fingerprint density at radius 1 is 1.11 bits per heavy atom. The van der Waals surface area contributed by atoms with Crippen LogP contribution in [0.1, 0.15) is 43.2 Å². The number of nitrogens with one attached hydrogen (secondary N) is 1. The van der Waals surface area contributed by atoms with Gasteiger partial charge < -0.3 is 24.8 Å². The summed E-state index contributed by atoms with van der Waals surface area (Å²) in [4.78, 5) is 38.2. The van der Waals surface area contributed by atoms with Crippen molar-refractivity contribution in [3.63, 3.8) is 0 Å². The number of ether oxygens (including phenoxy) is 2. The lowest BCUT2D eigenvalue weighted by Gasteiger charge is -2.23. The summed E-state index contributed by atoms with van der Waals surface area (Å²) in [6.07, 6.45) is 0.821. The van der Waals surface area contributed by atoms with E-state index in [1.165, 1.54) is 11.1 Å². The third-order valence-corrected chi connectivity index (χ3v) is 6.83. The fourth-order valence-electron chi connectivity index (χ4n) is 4.83. The lowest BCUT2D eigenvalue weighted by Crippen LogP contribution is -2.40. The molecule has 2 unspecified atom stereocenters. The Balaban J connectivity index is 1.28. The predicted molar refractivity (Wildman–Crippen MR) is 130 cm³/mol. The number of rotatable bonds is 8. The van der Waals surface area contributed by atoms with E-state index < -0.39 is 18.0 Å². The fourth-order valence-corrected chi connectivity index (χ4v) is 4.83. The van der Waals surface area contributed by atoms with Crippen molar-refractivity contribution in [1.29, 1.82) is 0 Å². The molecule has 35 heavy (non-hydrogen) atoms. The van der Waals surface area contributed by atoms with Crippen molar-refractivity contribution in [2.75, 3.05) is 32.9 Å². The SMILES string of the molecule is CCC(CCC(=O)N1CCOCC(C(=O)O)C1)NC(=O)OCC1c2ccccc2-c2ccccc21. The fraction of sp³-hybridized carbons (Fsp3) is 0.444. The average Bonchev–Trinajstić information content (AvgIpc) is 3.00. The predicted octanol–water partition coefficient (Wildman–Crippen LogP) is 3.64. The van der Waals surface area contributed by atoms with Crippen LogP contribution in [0.4, 0.5) is 4.79 Å². The molecule has 0 bridgehead atoms. The zero-order chi connectivity index (χ0) is 24.8. The number of benzene rings is 2. The molecule has 0 aromatic heterocycles. The van der Waals surface area contributed by atoms with Crippen LogP contribution < -0.4 is 5.32 Å². The molecule has 4 rings (SSSR count). The summed E-state index contributed by atoms with van der Waals surface area (Å²) in [5, 5.41) is 12.2. The number of carboxylic acids is 1. The number of aliphatic carboxylic acids is 1. The smallest absolute Gasteiger partial charge is 0.407 e. The van der Waals surface area contributed by atoms with Crippen LogP contribution in [-0.2, 0) is 19.1 Å². The van der Waals surface area contributed by atoms with Gasteiger partial charge in [0, 0.05) is 31.5 Å². The van der Waals surface area contributed by atoms with Gasteiger partial charge in [0.25, 0.3) is 0 Å². The Bertz CT molecular complexity index is 1030. The summed E-state index contributed by atoms with van der Waals surface area (Å²) in [5.41, 5.74) is 4.65. The number of amides is 2. The van der Waals surface area contributed by atoms with Crippen LogP contribution in [-0.4, -0.2) is 66.9 Å². The Hall–Kier alpha value is -3.39. The largest absolute Gasteiger partial charge is 0.481 e. The van der Waals surface area contributed by atoms with Crippen LogP contribution in [0.15, 0.2) is 48.5 Å². The van der Waals surface area contributed by atoms with Gasteiger partial charge in [-0.25, -0.2) is 4.79 Å². The summed E-state index contributed by atoms with van der Waals surface area (Å²) in [6.45, 7) is 3.13. The van der Waals surface area contributed by atoms with E-state index in [4.69, 9.17) is 9.47 Å². The second-order valence-corrected chi connectivity index (χ2v) is 9.06. The minimum atomic E-state index is -0.965. The van der Waals surface area contributed by atoms with E-state index in [1.807, 2.05) is 31.2 Å². The first kappa shape index (κ1) is 24.7. The van der Waals surface area contributed by atoms with Crippen molar-refractivity contribution in [2.24, 2.45) is 5.92 Å². The number of carbonyl (C=O) groups excluding carboxylic acids is 2. The second-order valence-electron chi connectivity index (χ2n) is 9.06. The van der Waals surface area contributed by atoms with Gasteiger partial charge in [0.15, 0.2) is 0 Å². The van der Waals surface area contributed by atoms with Crippen molar-refractivity contribution in [3.05, 3.63) is 59.7 Å². The summed E-state index contributed by atoms with van der Waals surface area (Å²) in [7, 11) is 0. The second kappa shape index (κ2) is 11.4. The van der Waals surface area contributed by atoms with Crippen molar-refractivity contribution in [1.82, 2.24) is 10.2 Å². The standard InChI is InChI=1S/C27H32N2O6/c1-2-19(11-12-25(30)29-13-14-34-16-18(15-29)26(31)32)28-27(33)35-17-24-22-9-5-3-7-20(22)21-8-4-6-10-23(21)24/h3-10,18-19,24H,2,11-17H2,1H3,(H,28,33)(H,31,32). The van der Waals surface area contributed by atoms with Crippen molar-refractivity contribution >= 4 is 18.0 Å². The molecule has 0 saturated carbocycles. The van der Waals surface area contributed by atoms with Gasteiger partial charge >= 0.3 is 12.1 Å². The van der Waals surface area contributed by atoms with Gasteiger partial charge in [-0.1, -0.05) is 55.5 Å². The molecule has 1 saturated heterocycles. The van der Waals surface area contributed by atoms with Crippen LogP contribution in [0.2, 0.25) is 0 Å². The van der Waals surface area contributed by atoms with E-state index in [-0.39, 0.29) is 44.0 Å². The molecule has 1 aliphatic carbocycles. The number of nitrogens with zero attached hydrogens (tertiary/aromatic N) is 1. The maximum Gasteiger partial charge on any atom is 0.407 e. The Kier molecular flexibility index (Phi) is 8.02. The number of carbonyl (C=O) groups is 3. The minimum Gasteiger partial charge on any atom is -0.481 e. The van der Waals surface area contributed by atoms with E-state index in [0.29, 0.717) is 26.0 Å². The summed E-state index contributed by atoms with van der Waals surface area (Å²) in [6, 6.07) is 16.1. The molecule has 2 aliphatic rings. The van der Waals surface area contributed by atoms with Crippen molar-refractivity contribution < 1.29 is 29.0 Å². The molecule has 1 fully saturated rings. The molecule has 2 aromatic carbocycles. The summed E-state index contributed by atoms with van der Waals surface area (Å²) >= 11 is 0. The number of hydrogen-bond donors (Lipinski definition) is 2. The lowest BCUT2D eigenvalue weighted by atomic mass is 9.98. The van der Waals surface area contributed by atoms with E-state index in [0.717, 1.165) is 11.1 Å². The highest BCUT2D eigenvalue weighted by atomic mass is 16.5. The maximum absolute atomic E-state index is 12.7. The van der Waals surface area contributed by atoms with Crippen LogP contribution >= 0.6 is 0 Å². The molecule has 2 aromatic rings. The van der Waals surface area contributed by atoms with Gasteiger partial charge in [-0.15, -0.1) is 0 Å². The number of carboxylic acid groups (broad SMARTS) is 1. The highest BCUT2D eigenvalue weighted by Gasteiger charge is 2.30. The highest BCUT2D eigenvalue weighted by Crippen LogP contribution is 2.44. The first-order valence-corrected chi connectivity index (χ1v) is 12.2. The van der Waals surface area contributed by atoms with Gasteiger partial charge in [-0.3, -0.25) is 9.59 Å². The van der Waals surface area contributed by atoms with E-state index in [9.17, 15) is 19.5 Å². The third kappa shape index (κ3) is 5.82. The molecule has 8 heteroatoms. The zero-order valence-electron chi connectivity index (χ0n) is 19.9. The van der Waals surface area contributed by atoms with Crippen LogP contribution in [0.25, 0.3) is 11.1 Å². The number of alkyl carbamates (subject to hydrolysis) is 1. The zero-order valence-corrected chi connectivity index (χ0v) is 19.9. The quantitative estimate of drug-likeness (QED) is 0.598. The lowest BCUT2D eigenvalue weighted by molar-refractivity contribution is -0.144. The van der Waals surface area contributed by atoms with E-state index in [2.05, 4.69) is 29.6 Å². The summed E-state index contributed by atoms with van der Waals surface area (Å²) < 4.78 is 10.9. The molecule has 2 amide bonds. The summed E-state index contributed by atoms with van der Waals surface area (Å²) in [5.74, 6) is -1.83. The molecule has 186 valence electrons. The van der Waals surface area contributed by atoms with Crippen molar-refractivity contribution in [3.8, 4) is 11.1 Å². The highest BCUT2D eigenvalue weighted by molar-refractivity contribution is 5.79. The average molecular weight is 481 g/mol. The number of hydrogen-bond acceptors (Lipinski definition) is 5. The van der Waals surface area contributed by atoms with Crippen molar-refractivity contribution in [2.45, 2.75) is 38.1 Å². The van der Waals surface area contributed by atoms with Gasteiger partial charge in [-0.2, -0.15) is 0 Å². The van der Waals surface area contributed by atoms with Gasteiger partial charge in [0.2, 0.25) is 5.91 Å². The Morgan fingerprint density at radius 2 is 1.77 bits per heavy atom. The molecular formula is C27H32N2O6. The maximum atomic E-state index is 12.7. The molecule has 0 radical (unpaired) electrons. The molecule has 2 atom stereocenters. The third-order valence-electron chi connectivity index (χ3n) is 6.83. The molecule has 0 spiro atoms. The first-order valence-electron chi connectivity index (χ1n) is 12.2. The Morgan fingerprint density at radius 3 is 2.40 bits per heavy atom.